The Morgan fingerprint density at radius 1 is 0.851 bits per heavy atom. The number of anilines is 1. The van der Waals surface area contributed by atoms with E-state index in [0.29, 0.717) is 11.4 Å². The fourth-order valence-electron chi connectivity index (χ4n) is 6.01. The number of rotatable bonds is 13. The predicted octanol–water partition coefficient (Wildman–Crippen LogP) is 6.21. The van der Waals surface area contributed by atoms with Gasteiger partial charge in [0.15, 0.2) is 0 Å². The molecule has 1 atom stereocenters. The molecule has 1 aliphatic carbocycles. The van der Waals surface area contributed by atoms with Gasteiger partial charge in [-0.2, -0.15) is 0 Å². The molecule has 0 heterocycles. The highest BCUT2D eigenvalue weighted by Crippen LogP contribution is 2.27. The third kappa shape index (κ3) is 8.40. The summed E-state index contributed by atoms with van der Waals surface area (Å²) in [6.45, 7) is 3.53. The van der Waals surface area contributed by atoms with Gasteiger partial charge in [-0.25, -0.2) is 8.42 Å². The second kappa shape index (κ2) is 15.3. The molecule has 47 heavy (non-hydrogen) atoms. The van der Waals surface area contributed by atoms with Crippen molar-refractivity contribution in [3.63, 3.8) is 0 Å². The molecule has 4 aromatic carbocycles. The molecular weight excluding hydrogens is 611 g/mol. The summed E-state index contributed by atoms with van der Waals surface area (Å²) in [5.41, 5.74) is 4.07. The SMILES string of the molecule is COc1ccc(S(=O)(=O)N(CC(=O)N(Cc2ccccc2C)[C@H](Cc2ccccc2)C(=O)NC2CCCC2)c2ccc(C)cc2)cc1. The van der Waals surface area contributed by atoms with Gasteiger partial charge < -0.3 is 15.0 Å². The molecule has 9 heteroatoms. The average Bonchev–Trinajstić information content (AvgIpc) is 3.60. The minimum Gasteiger partial charge on any atom is -0.497 e. The highest BCUT2D eigenvalue weighted by Gasteiger charge is 2.35. The molecule has 1 fully saturated rings. The number of sulfonamides is 1. The monoisotopic (exact) mass is 653 g/mol. The largest absolute Gasteiger partial charge is 0.497 e. The second-order valence-electron chi connectivity index (χ2n) is 12.2. The van der Waals surface area contributed by atoms with Gasteiger partial charge in [-0.1, -0.05) is 85.1 Å². The van der Waals surface area contributed by atoms with Crippen LogP contribution in [0.1, 0.15) is 47.9 Å². The molecule has 0 bridgehead atoms. The maximum atomic E-state index is 14.7. The summed E-state index contributed by atoms with van der Waals surface area (Å²) in [6.07, 6.45) is 4.18. The van der Waals surface area contributed by atoms with Gasteiger partial charge in [-0.05, 0) is 79.8 Å². The van der Waals surface area contributed by atoms with Crippen molar-refractivity contribution in [3.05, 3.63) is 125 Å². The Labute approximate surface area is 278 Å². The van der Waals surface area contributed by atoms with E-state index in [-0.39, 0.29) is 29.8 Å². The van der Waals surface area contributed by atoms with E-state index in [1.54, 1.807) is 29.2 Å². The maximum absolute atomic E-state index is 14.7. The zero-order valence-electron chi connectivity index (χ0n) is 27.3. The van der Waals surface area contributed by atoms with Crippen LogP contribution < -0.4 is 14.4 Å². The molecule has 0 aliphatic heterocycles. The summed E-state index contributed by atoms with van der Waals surface area (Å²) in [5, 5.41) is 3.22. The van der Waals surface area contributed by atoms with Crippen molar-refractivity contribution in [2.75, 3.05) is 18.0 Å². The van der Waals surface area contributed by atoms with E-state index in [9.17, 15) is 18.0 Å². The smallest absolute Gasteiger partial charge is 0.264 e. The summed E-state index contributed by atoms with van der Waals surface area (Å²) in [7, 11) is -2.68. The van der Waals surface area contributed by atoms with E-state index in [4.69, 9.17) is 4.74 Å². The molecule has 1 N–H and O–H groups in total. The first-order valence-electron chi connectivity index (χ1n) is 16.1. The van der Waals surface area contributed by atoms with Crippen molar-refractivity contribution in [1.82, 2.24) is 10.2 Å². The molecule has 4 aromatic rings. The zero-order valence-corrected chi connectivity index (χ0v) is 28.1. The van der Waals surface area contributed by atoms with Crippen molar-refractivity contribution in [1.29, 1.82) is 0 Å². The van der Waals surface area contributed by atoms with Crippen LogP contribution in [0.5, 0.6) is 5.75 Å². The summed E-state index contributed by atoms with van der Waals surface area (Å²) in [6, 6.07) is 29.7. The lowest BCUT2D eigenvalue weighted by Crippen LogP contribution is -2.54. The first-order valence-corrected chi connectivity index (χ1v) is 17.5. The van der Waals surface area contributed by atoms with Crippen LogP contribution in [0.2, 0.25) is 0 Å². The first-order chi connectivity index (χ1) is 22.7. The van der Waals surface area contributed by atoms with Crippen molar-refractivity contribution in [2.45, 2.75) is 69.5 Å². The van der Waals surface area contributed by atoms with E-state index < -0.39 is 28.5 Å². The van der Waals surface area contributed by atoms with Crippen molar-refractivity contribution in [3.8, 4) is 5.75 Å². The fourth-order valence-corrected chi connectivity index (χ4v) is 7.42. The lowest BCUT2D eigenvalue weighted by atomic mass is 10.0. The number of amides is 2. The van der Waals surface area contributed by atoms with Crippen LogP contribution in [0.15, 0.2) is 108 Å². The lowest BCUT2D eigenvalue weighted by molar-refractivity contribution is -0.140. The number of carbonyl (C=O) groups is 2. The number of methoxy groups -OCH3 is 1. The van der Waals surface area contributed by atoms with Crippen LogP contribution in [0, 0.1) is 13.8 Å². The Kier molecular flexibility index (Phi) is 11.0. The van der Waals surface area contributed by atoms with Crippen LogP contribution >= 0.6 is 0 Å². The third-order valence-corrected chi connectivity index (χ3v) is 10.6. The highest BCUT2D eigenvalue weighted by molar-refractivity contribution is 7.92. The molecule has 8 nitrogen and oxygen atoms in total. The minimum atomic E-state index is -4.20. The standard InChI is InChI=1S/C38H43N3O5S/c1-28-17-19-33(20-18-28)41(47(44,45)35-23-21-34(46-3)22-24-35)27-37(42)40(26-31-14-8-7-11-29(31)2)36(25-30-12-5-4-6-13-30)38(43)39-32-15-9-10-16-32/h4-8,11-14,17-24,32,36H,9-10,15-16,25-27H2,1-3H3,(H,39,43)/t36-/m1/s1. The molecular formula is C38H43N3O5S. The molecule has 5 rings (SSSR count). The lowest BCUT2D eigenvalue weighted by Gasteiger charge is -2.34. The van der Waals surface area contributed by atoms with Gasteiger partial charge in [-0.15, -0.1) is 0 Å². The van der Waals surface area contributed by atoms with Gasteiger partial charge in [-0.3, -0.25) is 13.9 Å². The Balaban J connectivity index is 1.56. The van der Waals surface area contributed by atoms with Crippen molar-refractivity contribution in [2.24, 2.45) is 0 Å². The molecule has 1 saturated carbocycles. The number of aryl methyl sites for hydroxylation is 2. The number of ether oxygens (including phenoxy) is 1. The van der Waals surface area contributed by atoms with Crippen LogP contribution in [-0.2, 0) is 32.6 Å². The maximum Gasteiger partial charge on any atom is 0.264 e. The summed E-state index contributed by atoms with van der Waals surface area (Å²) in [5.74, 6) is -0.195. The van der Waals surface area contributed by atoms with Crippen molar-refractivity contribution < 1.29 is 22.7 Å². The van der Waals surface area contributed by atoms with Crippen LogP contribution in [0.25, 0.3) is 0 Å². The highest BCUT2D eigenvalue weighted by atomic mass is 32.2. The molecule has 0 unspecified atom stereocenters. The second-order valence-corrected chi connectivity index (χ2v) is 14.0. The molecule has 0 radical (unpaired) electrons. The van der Waals surface area contributed by atoms with Crippen LogP contribution in [0.3, 0.4) is 0 Å². The predicted molar refractivity (Wildman–Crippen MR) is 185 cm³/mol. The van der Waals surface area contributed by atoms with Crippen LogP contribution in [-0.4, -0.2) is 50.9 Å². The number of benzene rings is 4. The van der Waals surface area contributed by atoms with Gasteiger partial charge in [0, 0.05) is 19.0 Å². The number of carbonyl (C=O) groups excluding carboxylic acids is 2. The first kappa shape index (κ1) is 33.7. The zero-order chi connectivity index (χ0) is 33.4. The fraction of sp³-hybridized carbons (Fsp3) is 0.316. The Bertz CT molecular complexity index is 1750. The van der Waals surface area contributed by atoms with E-state index in [0.717, 1.165) is 52.2 Å². The van der Waals surface area contributed by atoms with E-state index in [2.05, 4.69) is 5.32 Å². The summed E-state index contributed by atoms with van der Waals surface area (Å²) >= 11 is 0. The molecule has 0 saturated heterocycles. The molecule has 2 amide bonds. The Hall–Kier alpha value is -4.63. The van der Waals surface area contributed by atoms with Gasteiger partial charge in [0.1, 0.15) is 18.3 Å². The van der Waals surface area contributed by atoms with E-state index in [1.807, 2.05) is 80.6 Å². The Morgan fingerprint density at radius 2 is 1.49 bits per heavy atom. The molecule has 246 valence electrons. The Morgan fingerprint density at radius 3 is 2.13 bits per heavy atom. The normalized spacial score (nSPS) is 13.9. The van der Waals surface area contributed by atoms with Gasteiger partial charge in [0.2, 0.25) is 11.8 Å². The quantitative estimate of drug-likeness (QED) is 0.185. The van der Waals surface area contributed by atoms with Gasteiger partial charge in [0.25, 0.3) is 10.0 Å². The molecule has 1 aliphatic rings. The molecule has 0 aromatic heterocycles. The number of nitrogens with zero attached hydrogens (tertiary/aromatic N) is 2. The summed E-state index contributed by atoms with van der Waals surface area (Å²) in [4.78, 5) is 30.4. The van der Waals surface area contributed by atoms with Crippen LogP contribution in [0.4, 0.5) is 5.69 Å². The van der Waals surface area contributed by atoms with Crippen molar-refractivity contribution >= 4 is 27.5 Å². The molecule has 0 spiro atoms. The topological polar surface area (TPSA) is 96.0 Å². The van der Waals surface area contributed by atoms with E-state index in [1.165, 1.54) is 19.2 Å². The minimum absolute atomic E-state index is 0.0249. The third-order valence-electron chi connectivity index (χ3n) is 8.82. The van der Waals surface area contributed by atoms with E-state index >= 15 is 0 Å². The summed E-state index contributed by atoms with van der Waals surface area (Å²) < 4.78 is 34.9. The number of hydrogen-bond donors (Lipinski definition) is 1. The number of nitrogens with one attached hydrogen (secondary N) is 1. The van der Waals surface area contributed by atoms with Gasteiger partial charge >= 0.3 is 0 Å². The number of hydrogen-bond acceptors (Lipinski definition) is 5. The average molecular weight is 654 g/mol. The van der Waals surface area contributed by atoms with Gasteiger partial charge in [0.05, 0.1) is 17.7 Å².